The molecule has 0 bridgehead atoms. The first-order valence-electron chi connectivity index (χ1n) is 5.87. The summed E-state index contributed by atoms with van der Waals surface area (Å²) in [6.45, 7) is 6.06. The van der Waals surface area contributed by atoms with Gasteiger partial charge in [0.25, 0.3) is 0 Å². The largest absolute Gasteiger partial charge is 0.468 e. The van der Waals surface area contributed by atoms with Gasteiger partial charge in [0.2, 0.25) is 0 Å². The van der Waals surface area contributed by atoms with Crippen LogP contribution in [0.4, 0.5) is 0 Å². The number of hydrogen-bond acceptors (Lipinski definition) is 3. The van der Waals surface area contributed by atoms with Gasteiger partial charge in [-0.2, -0.15) is 0 Å². The van der Waals surface area contributed by atoms with Crippen LogP contribution < -0.4 is 5.32 Å². The Morgan fingerprint density at radius 2 is 1.93 bits per heavy atom. The molecule has 1 rings (SSSR count). The Kier molecular flexibility index (Phi) is 4.14. The molecule has 0 saturated heterocycles. The fraction of sp³-hybridized carbons (Fsp3) is 0.917. The zero-order chi connectivity index (χ0) is 11.5. The molecule has 0 heterocycles. The average molecular weight is 213 g/mol. The molecular formula is C12H23NO2. The van der Waals surface area contributed by atoms with Crippen molar-refractivity contribution >= 4 is 5.97 Å². The van der Waals surface area contributed by atoms with E-state index in [0.717, 1.165) is 0 Å². The maximum Gasteiger partial charge on any atom is 0.326 e. The number of methoxy groups -OCH3 is 1. The zero-order valence-corrected chi connectivity index (χ0v) is 10.3. The van der Waals surface area contributed by atoms with Gasteiger partial charge in [0.1, 0.15) is 5.54 Å². The lowest BCUT2D eigenvalue weighted by molar-refractivity contribution is -0.150. The monoisotopic (exact) mass is 213 g/mol. The number of esters is 1. The molecular weight excluding hydrogens is 190 g/mol. The summed E-state index contributed by atoms with van der Waals surface area (Å²) in [4.78, 5) is 11.8. The molecule has 15 heavy (non-hydrogen) atoms. The third-order valence-electron chi connectivity index (χ3n) is 3.62. The Bertz CT molecular complexity index is 222. The van der Waals surface area contributed by atoms with E-state index in [9.17, 15) is 4.79 Å². The van der Waals surface area contributed by atoms with Gasteiger partial charge in [0.15, 0.2) is 0 Å². The number of ether oxygens (including phenoxy) is 1. The van der Waals surface area contributed by atoms with Gasteiger partial charge in [-0.25, -0.2) is 0 Å². The second kappa shape index (κ2) is 4.97. The summed E-state index contributed by atoms with van der Waals surface area (Å²) in [5.74, 6) is 0.0925. The van der Waals surface area contributed by atoms with Crippen molar-refractivity contribution in [3.05, 3.63) is 0 Å². The van der Waals surface area contributed by atoms with Crippen LogP contribution in [0.25, 0.3) is 0 Å². The van der Waals surface area contributed by atoms with Crippen LogP contribution in [-0.4, -0.2) is 24.7 Å². The zero-order valence-electron chi connectivity index (χ0n) is 10.3. The molecule has 0 aliphatic heterocycles. The summed E-state index contributed by atoms with van der Waals surface area (Å²) in [5.41, 5.74) is -0.538. The lowest BCUT2D eigenvalue weighted by Crippen LogP contribution is -2.57. The smallest absolute Gasteiger partial charge is 0.326 e. The number of carbonyl (C=O) groups is 1. The third-order valence-corrected chi connectivity index (χ3v) is 3.62. The molecule has 0 aromatic heterocycles. The predicted molar refractivity (Wildman–Crippen MR) is 60.7 cm³/mol. The second-order valence-corrected chi connectivity index (χ2v) is 4.97. The predicted octanol–water partition coefficient (Wildman–Crippen LogP) is 2.11. The third kappa shape index (κ3) is 2.71. The van der Waals surface area contributed by atoms with Crippen molar-refractivity contribution in [1.29, 1.82) is 0 Å². The van der Waals surface area contributed by atoms with E-state index < -0.39 is 5.54 Å². The van der Waals surface area contributed by atoms with Crippen LogP contribution in [0.1, 0.15) is 46.5 Å². The highest BCUT2D eigenvalue weighted by Crippen LogP contribution is 2.25. The lowest BCUT2D eigenvalue weighted by Gasteiger charge is -2.34. The molecule has 1 aliphatic rings. The molecule has 1 aliphatic carbocycles. The molecule has 1 N–H and O–H groups in total. The quantitative estimate of drug-likeness (QED) is 0.727. The van der Waals surface area contributed by atoms with Gasteiger partial charge in [0.05, 0.1) is 7.11 Å². The van der Waals surface area contributed by atoms with Crippen molar-refractivity contribution in [2.24, 2.45) is 5.92 Å². The number of carbonyl (C=O) groups excluding carboxylic acids is 1. The number of hydrogen-bond donors (Lipinski definition) is 1. The first-order valence-corrected chi connectivity index (χ1v) is 5.87. The summed E-state index contributed by atoms with van der Waals surface area (Å²) in [6.07, 6.45) is 4.90. The average Bonchev–Trinajstić information content (AvgIpc) is 2.68. The summed E-state index contributed by atoms with van der Waals surface area (Å²) in [6, 6.07) is 0.483. The van der Waals surface area contributed by atoms with Gasteiger partial charge in [-0.15, -0.1) is 0 Å². The molecule has 88 valence electrons. The van der Waals surface area contributed by atoms with E-state index in [0.29, 0.717) is 6.04 Å². The van der Waals surface area contributed by atoms with Crippen LogP contribution in [0.2, 0.25) is 0 Å². The summed E-state index contributed by atoms with van der Waals surface area (Å²) < 4.78 is 4.89. The second-order valence-electron chi connectivity index (χ2n) is 4.97. The van der Waals surface area contributed by atoms with Crippen LogP contribution in [0.3, 0.4) is 0 Å². The first-order chi connectivity index (χ1) is 7.00. The van der Waals surface area contributed by atoms with Gasteiger partial charge in [0, 0.05) is 6.04 Å². The van der Waals surface area contributed by atoms with Crippen molar-refractivity contribution in [3.8, 4) is 0 Å². The van der Waals surface area contributed by atoms with Crippen LogP contribution in [0.5, 0.6) is 0 Å². The van der Waals surface area contributed by atoms with E-state index in [1.165, 1.54) is 32.8 Å². The minimum Gasteiger partial charge on any atom is -0.468 e. The minimum atomic E-state index is -0.538. The van der Waals surface area contributed by atoms with Gasteiger partial charge < -0.3 is 4.74 Å². The van der Waals surface area contributed by atoms with E-state index in [2.05, 4.69) is 19.2 Å². The van der Waals surface area contributed by atoms with Gasteiger partial charge >= 0.3 is 5.97 Å². The Morgan fingerprint density at radius 1 is 1.40 bits per heavy atom. The minimum absolute atomic E-state index is 0.149. The molecule has 1 saturated carbocycles. The maximum absolute atomic E-state index is 11.8. The Balaban J connectivity index is 2.67. The van der Waals surface area contributed by atoms with Crippen molar-refractivity contribution < 1.29 is 9.53 Å². The normalized spacial score (nSPS) is 21.7. The molecule has 0 aromatic rings. The van der Waals surface area contributed by atoms with Gasteiger partial charge in [-0.3, -0.25) is 10.1 Å². The van der Waals surface area contributed by atoms with Crippen molar-refractivity contribution in [1.82, 2.24) is 5.32 Å². The lowest BCUT2D eigenvalue weighted by atomic mass is 9.87. The Hall–Kier alpha value is -0.570. The summed E-state index contributed by atoms with van der Waals surface area (Å²) >= 11 is 0. The molecule has 3 heteroatoms. The highest BCUT2D eigenvalue weighted by atomic mass is 16.5. The fourth-order valence-corrected chi connectivity index (χ4v) is 2.17. The van der Waals surface area contributed by atoms with E-state index in [1.807, 2.05) is 6.92 Å². The van der Waals surface area contributed by atoms with E-state index in [-0.39, 0.29) is 11.9 Å². The van der Waals surface area contributed by atoms with E-state index >= 15 is 0 Å². The molecule has 0 spiro atoms. The molecule has 1 fully saturated rings. The van der Waals surface area contributed by atoms with Gasteiger partial charge in [-0.1, -0.05) is 26.7 Å². The molecule has 0 amide bonds. The van der Waals surface area contributed by atoms with E-state index in [4.69, 9.17) is 4.74 Å². The van der Waals surface area contributed by atoms with Gasteiger partial charge in [-0.05, 0) is 25.7 Å². The maximum atomic E-state index is 11.8. The van der Waals surface area contributed by atoms with Crippen molar-refractivity contribution in [3.63, 3.8) is 0 Å². The topological polar surface area (TPSA) is 38.3 Å². The first kappa shape index (κ1) is 12.5. The molecule has 0 aromatic carbocycles. The number of nitrogens with one attached hydrogen (secondary N) is 1. The van der Waals surface area contributed by atoms with E-state index in [1.54, 1.807) is 0 Å². The van der Waals surface area contributed by atoms with Crippen molar-refractivity contribution in [2.75, 3.05) is 7.11 Å². The Morgan fingerprint density at radius 3 is 2.33 bits per heavy atom. The molecule has 0 radical (unpaired) electrons. The SMILES string of the molecule is COC(=O)C(C)(NC1CCCC1)C(C)C. The molecule has 1 atom stereocenters. The summed E-state index contributed by atoms with van der Waals surface area (Å²) in [7, 11) is 1.46. The molecule has 3 nitrogen and oxygen atoms in total. The Labute approximate surface area is 92.6 Å². The van der Waals surface area contributed by atoms with Crippen LogP contribution in [-0.2, 0) is 9.53 Å². The highest BCUT2D eigenvalue weighted by Gasteiger charge is 2.39. The van der Waals surface area contributed by atoms with Crippen LogP contribution in [0, 0.1) is 5.92 Å². The molecule has 1 unspecified atom stereocenters. The van der Waals surface area contributed by atoms with Crippen LogP contribution in [0.15, 0.2) is 0 Å². The highest BCUT2D eigenvalue weighted by molar-refractivity contribution is 5.80. The van der Waals surface area contributed by atoms with Crippen LogP contribution >= 0.6 is 0 Å². The summed E-state index contributed by atoms with van der Waals surface area (Å²) in [5, 5.41) is 3.47. The van der Waals surface area contributed by atoms with Crippen molar-refractivity contribution in [2.45, 2.75) is 58.0 Å². The fourth-order valence-electron chi connectivity index (χ4n) is 2.17. The number of rotatable bonds is 4. The standard InChI is InChI=1S/C12H23NO2/c1-9(2)12(3,11(14)15-4)13-10-7-5-6-8-10/h9-10,13H,5-8H2,1-4H3.